The second kappa shape index (κ2) is 38.3. The van der Waals surface area contributed by atoms with Gasteiger partial charge in [0.2, 0.25) is 57.3 Å². The zero-order chi connectivity index (χ0) is 84.9. The van der Waals surface area contributed by atoms with Crippen LogP contribution in [0.3, 0.4) is 0 Å². The van der Waals surface area contributed by atoms with Crippen LogP contribution in [0.1, 0.15) is 121 Å². The molecule has 118 heavy (non-hydrogen) atoms. The number of hydrogen-bond acceptors (Lipinski definition) is 19. The average molecular weight is 1640 g/mol. The molecule has 0 radical (unpaired) electrons. The lowest BCUT2D eigenvalue weighted by Crippen LogP contribution is -2.61. The molecule has 7 heterocycles. The number of fused-ring (bicyclic) bond motifs is 1. The van der Waals surface area contributed by atoms with Crippen molar-refractivity contribution in [3.63, 3.8) is 0 Å². The molecule has 3 fully saturated rings. The summed E-state index contributed by atoms with van der Waals surface area (Å²) in [7, 11) is -0.973. The molecule has 1 saturated carbocycles. The Labute approximate surface area is 687 Å². The third-order valence-corrected chi connectivity index (χ3v) is 23.7. The molecule has 9 amide bonds. The number of nitrogens with one attached hydrogen (secondary N) is 9. The summed E-state index contributed by atoms with van der Waals surface area (Å²) in [4.78, 5) is 149. The maximum Gasteiger partial charge on any atom is 0.326 e. The summed E-state index contributed by atoms with van der Waals surface area (Å²) in [6.07, 6.45) is 4.05. The van der Waals surface area contributed by atoms with Crippen molar-refractivity contribution in [3.8, 4) is 22.6 Å². The first kappa shape index (κ1) is 87.4. The Morgan fingerprint density at radius 3 is 1.69 bits per heavy atom. The van der Waals surface area contributed by atoms with Gasteiger partial charge < -0.3 is 71.7 Å². The molecule has 0 spiro atoms. The summed E-state index contributed by atoms with van der Waals surface area (Å²) in [5.74, 6) is -6.97. The number of carboxylic acids is 1. The van der Waals surface area contributed by atoms with Crippen molar-refractivity contribution in [1.29, 1.82) is 0 Å². The van der Waals surface area contributed by atoms with Crippen molar-refractivity contribution in [2.45, 2.75) is 198 Å². The number of carbonyl (C=O) groups excluding carboxylic acids is 9. The van der Waals surface area contributed by atoms with Gasteiger partial charge in [-0.3, -0.25) is 47.9 Å². The molecule has 6 aromatic carbocycles. The van der Waals surface area contributed by atoms with Gasteiger partial charge >= 0.3 is 5.97 Å². The number of sulfonamides is 1. The first-order valence-electron chi connectivity index (χ1n) is 39.9. The number of likely N-dealkylation sites (N-methyl/N-ethyl adjacent to an activating group) is 2. The largest absolute Gasteiger partial charge is 0.490 e. The van der Waals surface area contributed by atoms with E-state index in [2.05, 4.69) is 57.6 Å². The summed E-state index contributed by atoms with van der Waals surface area (Å²) in [5, 5.41) is 43.5. The Morgan fingerprint density at radius 1 is 0.585 bits per heavy atom. The fourth-order valence-electron chi connectivity index (χ4n) is 14.5. The minimum Gasteiger partial charge on any atom is -0.490 e. The van der Waals surface area contributed by atoms with E-state index < -0.39 is 158 Å². The number of benzene rings is 6. The predicted molar refractivity (Wildman–Crippen MR) is 442 cm³/mol. The Kier molecular flexibility index (Phi) is 28.4. The quantitative estimate of drug-likeness (QED) is 0.0521. The van der Waals surface area contributed by atoms with Gasteiger partial charge in [-0.15, -0.1) is 5.10 Å². The van der Waals surface area contributed by atoms with Crippen molar-refractivity contribution in [2.75, 3.05) is 40.4 Å². The summed E-state index contributed by atoms with van der Waals surface area (Å²) in [6.45, 7) is 15.6. The molecular weight excluding hydrogens is 1530 g/mol. The number of nitrogens with zero attached hydrogens (tertiary/aromatic N) is 5. The molecule has 31 heteroatoms. The Bertz CT molecular complexity index is 4950. The molecule has 7 aromatic rings. The number of ether oxygens (including phenoxy) is 3. The number of amides is 9. The van der Waals surface area contributed by atoms with Crippen LogP contribution in [-0.4, -0.2) is 210 Å². The minimum atomic E-state index is -4.19. The zero-order valence-corrected chi connectivity index (χ0v) is 69.2. The van der Waals surface area contributed by atoms with E-state index in [1.165, 1.54) is 14.5 Å². The summed E-state index contributed by atoms with van der Waals surface area (Å²) >= 11 is 0. The van der Waals surface area contributed by atoms with Gasteiger partial charge in [-0.25, -0.2) is 17.9 Å². The van der Waals surface area contributed by atoms with Crippen molar-refractivity contribution in [2.24, 2.45) is 10.8 Å². The SMILES string of the molecule is CN[C@@H](C)C(=O)N[C@H](C(=O)N1CC2CC1C(=O)N[C@@H](Cc1ccc(-c3cccc(C)c3)cc1)C(=O)NC(C(=O)NS(=O)(=O)C1CC1)Cc1ccc(cc1)OCc1cn(nn1)[C@H]1C[C@@H](C(=O)N[C@@H](Cc3ccc4ccccc4c3)C(=O)N[C@H](C(=O)O)Cc3ccc(cc3)OC/C=C/CO2)N(C(=O)[C@@H](NC(=O)[C@H](C)NC)C(C)(C)C)C1)C(C)(C)C. The molecule has 1 aliphatic carbocycles. The summed E-state index contributed by atoms with van der Waals surface area (Å²) in [6, 6.07) is 28.5. The van der Waals surface area contributed by atoms with Crippen molar-refractivity contribution in [1.82, 2.24) is 72.1 Å². The molecule has 1 aromatic heterocycles. The van der Waals surface area contributed by atoms with Gasteiger partial charge in [-0.05, 0) is 133 Å². The van der Waals surface area contributed by atoms with Gasteiger partial charge in [-0.1, -0.05) is 174 Å². The number of aliphatic carboxylic acids is 1. The number of aryl methyl sites for hydroxylation is 1. The molecule has 3 unspecified atom stereocenters. The molecule has 6 aliphatic heterocycles. The van der Waals surface area contributed by atoms with Crippen molar-refractivity contribution in [3.05, 3.63) is 191 Å². The Morgan fingerprint density at radius 2 is 1.12 bits per heavy atom. The van der Waals surface area contributed by atoms with Crippen LogP contribution in [0.5, 0.6) is 11.5 Å². The second-order valence-electron chi connectivity index (χ2n) is 33.1. The van der Waals surface area contributed by atoms with Crippen LogP contribution in [0.4, 0.5) is 0 Å². The molecule has 2 saturated heterocycles. The van der Waals surface area contributed by atoms with E-state index in [1.54, 1.807) is 136 Å². The average Bonchev–Trinajstić information content (AvgIpc) is 1.63. The van der Waals surface area contributed by atoms with Crippen LogP contribution in [0.25, 0.3) is 21.9 Å². The van der Waals surface area contributed by atoms with E-state index in [-0.39, 0.29) is 71.4 Å². The lowest BCUT2D eigenvalue weighted by Gasteiger charge is -2.36. The van der Waals surface area contributed by atoms with Gasteiger partial charge in [0.05, 0.1) is 42.3 Å². The molecular formula is C87H108N14O16S. The van der Waals surface area contributed by atoms with Crippen LogP contribution in [-0.2, 0) is 95.0 Å². The highest BCUT2D eigenvalue weighted by Gasteiger charge is 2.49. The third-order valence-electron chi connectivity index (χ3n) is 21.9. The number of carboxylic acid groups (broad SMARTS) is 1. The summed E-state index contributed by atoms with van der Waals surface area (Å²) in [5.41, 5.74) is 3.56. The number of likely N-dealkylation sites (tertiary alicyclic amines) is 2. The van der Waals surface area contributed by atoms with Gasteiger partial charge in [0, 0.05) is 51.6 Å². The second-order valence-corrected chi connectivity index (χ2v) is 35.1. The van der Waals surface area contributed by atoms with Crippen LogP contribution in [0.15, 0.2) is 158 Å². The molecule has 14 rings (SSSR count). The highest BCUT2D eigenvalue weighted by atomic mass is 32.2. The van der Waals surface area contributed by atoms with E-state index in [0.29, 0.717) is 52.3 Å². The standard InChI is InChI=1S/C87H108N14O16S/c1-51-17-16-20-60(39-51)59-28-21-54(22-29-59)41-68-78(104)90-70(80(106)97-118(113,114)67-35-36-67)42-55-26-33-65(34-27-55)117-50-62-47-101(98-96-62)63-45-72(99(48-63)83(109)74(86(4,5)6)94-76(102)52(2)88-10)81(107)92-69(44-57-23-30-58-18-12-13-19-61(58)40-57)79(105)93-71(85(111)112)43-56-24-31-64(32-25-56)115-37-14-15-38-116-66-46-73(82(108)91-68)100(49-66)84(110)75(87(7,8)9)95-77(103)53(3)89-11/h12-34,39-40,47,52-53,63,66-75,88-89H,35-38,41-46,48-50H2,1-11H3,(H,90,104)(H,91,108)(H,92,107)(H,93,105)(H,94,102)(H,95,103)(H,97,106)(H,111,112)/b15-14+/t52-,53-,63-,66?,68-,69-,70?,71-,72-,73?,74+,75+/m0/s1. The van der Waals surface area contributed by atoms with E-state index in [9.17, 15) is 37.5 Å². The van der Waals surface area contributed by atoms with Crippen LogP contribution < -0.4 is 56.7 Å². The molecule has 7 aliphatic rings. The van der Waals surface area contributed by atoms with Crippen LogP contribution in [0, 0.1) is 17.8 Å². The van der Waals surface area contributed by atoms with E-state index >= 15 is 24.0 Å². The molecule has 10 bridgehead atoms. The molecule has 628 valence electrons. The third kappa shape index (κ3) is 22.9. The minimum absolute atomic E-state index is 0.0184. The molecule has 10 N–H and O–H groups in total. The van der Waals surface area contributed by atoms with E-state index in [0.717, 1.165) is 27.5 Å². The predicted octanol–water partition coefficient (Wildman–Crippen LogP) is 5.24. The zero-order valence-electron chi connectivity index (χ0n) is 68.4. The first-order valence-corrected chi connectivity index (χ1v) is 41.5. The Hall–Kier alpha value is -11.4. The van der Waals surface area contributed by atoms with E-state index in [4.69, 9.17) is 14.2 Å². The van der Waals surface area contributed by atoms with Crippen molar-refractivity contribution < 1.29 is 75.7 Å². The van der Waals surface area contributed by atoms with Crippen molar-refractivity contribution >= 4 is 79.9 Å². The normalized spacial score (nSPS) is 22.2. The monoisotopic (exact) mass is 1640 g/mol. The number of carbonyl (C=O) groups is 10. The van der Waals surface area contributed by atoms with Gasteiger partial charge in [0.15, 0.2) is 0 Å². The molecule has 30 nitrogen and oxygen atoms in total. The summed E-state index contributed by atoms with van der Waals surface area (Å²) < 4.78 is 49.5. The Balaban J connectivity index is 0.924. The van der Waals surface area contributed by atoms with Gasteiger partial charge in [-0.2, -0.15) is 0 Å². The van der Waals surface area contributed by atoms with Crippen LogP contribution in [0.2, 0.25) is 0 Å². The topological polar surface area (TPSA) is 398 Å². The lowest BCUT2D eigenvalue weighted by molar-refractivity contribution is -0.145. The number of aromatic nitrogens is 3. The van der Waals surface area contributed by atoms with Gasteiger partial charge in [0.1, 0.15) is 78.7 Å². The maximum absolute atomic E-state index is 15.4. The maximum atomic E-state index is 15.4. The van der Waals surface area contributed by atoms with E-state index in [1.807, 2.05) is 97.9 Å². The number of rotatable bonds is 17. The lowest BCUT2D eigenvalue weighted by atomic mass is 9.85. The fourth-order valence-corrected chi connectivity index (χ4v) is 15.9. The van der Waals surface area contributed by atoms with Gasteiger partial charge in [0.25, 0.3) is 5.91 Å². The number of hydrogen-bond donors (Lipinski definition) is 10. The smallest absolute Gasteiger partial charge is 0.326 e. The highest BCUT2D eigenvalue weighted by Crippen LogP contribution is 2.34. The fraction of sp³-hybridized carbons (Fsp3) is 0.448. The first-order chi connectivity index (χ1) is 56.1. The molecule has 12 atom stereocenters. The van der Waals surface area contributed by atoms with Crippen LogP contribution >= 0.6 is 0 Å². The highest BCUT2D eigenvalue weighted by molar-refractivity contribution is 7.91.